The van der Waals surface area contributed by atoms with E-state index in [0.29, 0.717) is 0 Å². The summed E-state index contributed by atoms with van der Waals surface area (Å²) in [5.41, 5.74) is 0.805. The van der Waals surface area contributed by atoms with E-state index < -0.39 is 17.9 Å². The molecule has 0 saturated carbocycles. The van der Waals surface area contributed by atoms with Gasteiger partial charge >= 0.3 is 5.97 Å². The summed E-state index contributed by atoms with van der Waals surface area (Å²) >= 11 is 0. The molecule has 1 amide bonds. The van der Waals surface area contributed by atoms with Crippen LogP contribution in [0, 0.1) is 0 Å². The van der Waals surface area contributed by atoms with Crippen LogP contribution in [0.2, 0.25) is 0 Å². The minimum absolute atomic E-state index is 0.0859. The number of benzene rings is 1. The molecule has 0 aliphatic rings. The number of carboxylic acid groups (broad SMARTS) is 1. The number of hydrogen-bond acceptors (Lipinski definition) is 4. The number of hydrogen-bond donors (Lipinski definition) is 2. The Labute approximate surface area is 117 Å². The van der Waals surface area contributed by atoms with E-state index in [2.05, 4.69) is 5.32 Å². The van der Waals surface area contributed by atoms with Gasteiger partial charge in [-0.3, -0.25) is 4.79 Å². The summed E-state index contributed by atoms with van der Waals surface area (Å²) in [6.07, 6.45) is 2.86. The Morgan fingerprint density at radius 1 is 1.30 bits per heavy atom. The Morgan fingerprint density at radius 2 is 1.95 bits per heavy atom. The van der Waals surface area contributed by atoms with Gasteiger partial charge in [-0.05, 0) is 23.8 Å². The van der Waals surface area contributed by atoms with Gasteiger partial charge in [0.15, 0.2) is 6.04 Å². The van der Waals surface area contributed by atoms with Crippen LogP contribution in [-0.4, -0.2) is 43.9 Å². The van der Waals surface area contributed by atoms with Crippen molar-refractivity contribution in [3.8, 4) is 5.75 Å². The number of carbonyl (C=O) groups is 2. The lowest BCUT2D eigenvalue weighted by molar-refractivity contribution is -0.142. The molecule has 20 heavy (non-hydrogen) atoms. The van der Waals surface area contributed by atoms with Gasteiger partial charge in [-0.15, -0.1) is 0 Å². The fraction of sp³-hybridized carbons (Fsp3) is 0.286. The fourth-order valence-electron chi connectivity index (χ4n) is 1.45. The highest BCUT2D eigenvalue weighted by molar-refractivity contribution is 5.94. The van der Waals surface area contributed by atoms with Crippen molar-refractivity contribution < 1.29 is 24.2 Å². The standard InChI is InChI=1S/C14H17NO5/c1-19-9-12(14(17)18)15-13(16)8-5-10-3-6-11(20-2)7-4-10/h3-8,12H,9H2,1-2H3,(H,15,16)(H,17,18)/b8-5+. The molecule has 1 aromatic carbocycles. The number of carbonyl (C=O) groups excluding carboxylic acids is 1. The second kappa shape index (κ2) is 7.96. The quantitative estimate of drug-likeness (QED) is 0.725. The minimum Gasteiger partial charge on any atom is -0.497 e. The predicted molar refractivity (Wildman–Crippen MR) is 73.5 cm³/mol. The van der Waals surface area contributed by atoms with E-state index in [-0.39, 0.29) is 6.61 Å². The molecular formula is C14H17NO5. The number of aliphatic carboxylic acids is 1. The molecule has 0 aliphatic carbocycles. The van der Waals surface area contributed by atoms with E-state index in [1.807, 2.05) is 0 Å². The van der Waals surface area contributed by atoms with Gasteiger partial charge in [0, 0.05) is 13.2 Å². The van der Waals surface area contributed by atoms with Crippen LogP contribution in [-0.2, 0) is 14.3 Å². The van der Waals surface area contributed by atoms with Gasteiger partial charge in [0.2, 0.25) is 5.91 Å². The number of rotatable bonds is 7. The molecule has 0 aromatic heterocycles. The summed E-state index contributed by atoms with van der Waals surface area (Å²) < 4.78 is 9.74. The first-order valence-corrected chi connectivity index (χ1v) is 5.91. The minimum atomic E-state index is -1.14. The van der Waals surface area contributed by atoms with E-state index >= 15 is 0 Å². The average Bonchev–Trinajstić information content (AvgIpc) is 2.45. The summed E-state index contributed by atoms with van der Waals surface area (Å²) in [7, 11) is 2.94. The maximum Gasteiger partial charge on any atom is 0.328 e. The molecule has 0 heterocycles. The molecular weight excluding hydrogens is 262 g/mol. The molecule has 0 saturated heterocycles. The first kappa shape index (κ1) is 15.7. The van der Waals surface area contributed by atoms with Gasteiger partial charge < -0.3 is 19.9 Å². The van der Waals surface area contributed by atoms with Gasteiger partial charge in [-0.25, -0.2) is 4.79 Å². The second-order valence-corrected chi connectivity index (χ2v) is 3.96. The molecule has 6 nitrogen and oxygen atoms in total. The fourth-order valence-corrected chi connectivity index (χ4v) is 1.45. The summed E-state index contributed by atoms with van der Waals surface area (Å²) in [5, 5.41) is 11.2. The van der Waals surface area contributed by atoms with Crippen LogP contribution in [0.15, 0.2) is 30.3 Å². The number of nitrogens with one attached hydrogen (secondary N) is 1. The molecule has 0 radical (unpaired) electrons. The highest BCUT2D eigenvalue weighted by atomic mass is 16.5. The summed E-state index contributed by atoms with van der Waals surface area (Å²) in [6.45, 7) is -0.0859. The van der Waals surface area contributed by atoms with Gasteiger partial charge in [-0.1, -0.05) is 12.1 Å². The topological polar surface area (TPSA) is 84.9 Å². The van der Waals surface area contributed by atoms with Crippen LogP contribution < -0.4 is 10.1 Å². The van der Waals surface area contributed by atoms with Crippen LogP contribution in [0.3, 0.4) is 0 Å². The molecule has 0 fully saturated rings. The molecule has 2 N–H and O–H groups in total. The molecule has 1 atom stereocenters. The van der Waals surface area contributed by atoms with E-state index in [0.717, 1.165) is 11.3 Å². The van der Waals surface area contributed by atoms with Crippen LogP contribution in [0.4, 0.5) is 0 Å². The molecule has 6 heteroatoms. The summed E-state index contributed by atoms with van der Waals surface area (Å²) in [6, 6.07) is 6.04. The Kier molecular flexibility index (Phi) is 6.25. The third kappa shape index (κ3) is 5.11. The van der Waals surface area contributed by atoms with Gasteiger partial charge in [0.05, 0.1) is 13.7 Å². The number of ether oxygens (including phenoxy) is 2. The predicted octanol–water partition coefficient (Wildman–Crippen LogP) is 0.924. The molecule has 108 valence electrons. The maximum absolute atomic E-state index is 11.6. The van der Waals surface area contributed by atoms with E-state index in [9.17, 15) is 9.59 Å². The van der Waals surface area contributed by atoms with E-state index in [1.165, 1.54) is 13.2 Å². The largest absolute Gasteiger partial charge is 0.497 e. The Morgan fingerprint density at radius 3 is 2.45 bits per heavy atom. The van der Waals surface area contributed by atoms with Crippen LogP contribution in [0.5, 0.6) is 5.75 Å². The second-order valence-electron chi connectivity index (χ2n) is 3.96. The normalized spacial score (nSPS) is 12.1. The Bertz CT molecular complexity index is 481. The van der Waals surface area contributed by atoms with Crippen molar-refractivity contribution in [3.05, 3.63) is 35.9 Å². The Hall–Kier alpha value is -2.34. The summed E-state index contributed by atoms with van der Waals surface area (Å²) in [4.78, 5) is 22.4. The van der Waals surface area contributed by atoms with Gasteiger partial charge in [0.1, 0.15) is 5.75 Å². The number of carboxylic acids is 1. The number of amides is 1. The lowest BCUT2D eigenvalue weighted by Gasteiger charge is -2.11. The van der Waals surface area contributed by atoms with Crippen molar-refractivity contribution in [1.82, 2.24) is 5.32 Å². The Balaban J connectivity index is 2.59. The third-order valence-electron chi connectivity index (χ3n) is 2.49. The summed E-state index contributed by atoms with van der Waals surface area (Å²) in [5.74, 6) is -0.916. The lowest BCUT2D eigenvalue weighted by atomic mass is 10.2. The molecule has 1 unspecified atom stereocenters. The molecule has 0 bridgehead atoms. The number of methoxy groups -OCH3 is 2. The third-order valence-corrected chi connectivity index (χ3v) is 2.49. The highest BCUT2D eigenvalue weighted by Crippen LogP contribution is 2.12. The van der Waals surface area contributed by atoms with Crippen LogP contribution >= 0.6 is 0 Å². The first-order chi connectivity index (χ1) is 9.56. The zero-order chi connectivity index (χ0) is 15.0. The van der Waals surface area contributed by atoms with Crippen LogP contribution in [0.25, 0.3) is 6.08 Å². The van der Waals surface area contributed by atoms with Crippen molar-refractivity contribution in [2.24, 2.45) is 0 Å². The van der Waals surface area contributed by atoms with Crippen molar-refractivity contribution >= 4 is 18.0 Å². The first-order valence-electron chi connectivity index (χ1n) is 5.91. The van der Waals surface area contributed by atoms with Gasteiger partial charge in [-0.2, -0.15) is 0 Å². The average molecular weight is 279 g/mol. The van der Waals surface area contributed by atoms with Crippen molar-refractivity contribution in [1.29, 1.82) is 0 Å². The maximum atomic E-state index is 11.6. The lowest BCUT2D eigenvalue weighted by Crippen LogP contribution is -2.43. The van der Waals surface area contributed by atoms with Crippen molar-refractivity contribution in [3.63, 3.8) is 0 Å². The highest BCUT2D eigenvalue weighted by Gasteiger charge is 2.18. The molecule has 0 spiro atoms. The smallest absolute Gasteiger partial charge is 0.328 e. The van der Waals surface area contributed by atoms with Crippen LogP contribution in [0.1, 0.15) is 5.56 Å². The van der Waals surface area contributed by atoms with E-state index in [1.54, 1.807) is 37.5 Å². The van der Waals surface area contributed by atoms with Crippen molar-refractivity contribution in [2.45, 2.75) is 6.04 Å². The van der Waals surface area contributed by atoms with E-state index in [4.69, 9.17) is 14.6 Å². The monoisotopic (exact) mass is 279 g/mol. The molecule has 1 aromatic rings. The SMILES string of the molecule is COCC(NC(=O)/C=C/c1ccc(OC)cc1)C(=O)O. The molecule has 1 rings (SSSR count). The zero-order valence-electron chi connectivity index (χ0n) is 11.3. The van der Waals surface area contributed by atoms with Gasteiger partial charge in [0.25, 0.3) is 0 Å². The molecule has 0 aliphatic heterocycles. The zero-order valence-corrected chi connectivity index (χ0v) is 11.3. The van der Waals surface area contributed by atoms with Crippen molar-refractivity contribution in [2.75, 3.05) is 20.8 Å².